The smallest absolute Gasteiger partial charge is 0.324 e. The number of carboxylic acids is 1. The molecule has 0 aromatic heterocycles. The molecule has 0 aliphatic heterocycles. The first-order valence-electron chi connectivity index (χ1n) is 4.36. The number of sulfonamides is 1. The minimum atomic E-state index is -3.90. The molecule has 1 rings (SSSR count). The molecule has 0 atom stereocenters. The van der Waals surface area contributed by atoms with Crippen molar-refractivity contribution in [2.45, 2.75) is 0 Å². The van der Waals surface area contributed by atoms with Gasteiger partial charge in [-0.15, -0.1) is 0 Å². The molecule has 0 spiro atoms. The van der Waals surface area contributed by atoms with E-state index in [1.54, 1.807) is 0 Å². The molecule has 8 heteroatoms. The second-order valence-electron chi connectivity index (χ2n) is 3.26. The minimum Gasteiger partial charge on any atom is -0.480 e. The van der Waals surface area contributed by atoms with Gasteiger partial charge in [0.25, 0.3) is 0 Å². The molecule has 0 heterocycles. The lowest BCUT2D eigenvalue weighted by Crippen LogP contribution is -2.35. The van der Waals surface area contributed by atoms with Gasteiger partial charge in [0, 0.05) is 5.02 Å². The van der Waals surface area contributed by atoms with Gasteiger partial charge in [0.05, 0.1) is 11.9 Å². The zero-order valence-electron chi connectivity index (χ0n) is 8.72. The summed E-state index contributed by atoms with van der Waals surface area (Å²) in [4.78, 5) is 10.6. The number of nitrogens with zero attached hydrogens (tertiary/aromatic N) is 1. The predicted octanol–water partition coefficient (Wildman–Crippen LogP) is 1.33. The molecule has 1 aromatic rings. The molecule has 0 amide bonds. The fraction of sp³-hybridized carbons (Fsp3) is 0.222. The van der Waals surface area contributed by atoms with Gasteiger partial charge in [-0.05, 0) is 18.2 Å². The number of hydrogen-bond acceptors (Lipinski definition) is 3. The van der Waals surface area contributed by atoms with Crippen molar-refractivity contribution in [1.82, 2.24) is 0 Å². The molecular weight excluding hydrogens is 273 g/mol. The van der Waals surface area contributed by atoms with Gasteiger partial charge < -0.3 is 5.11 Å². The van der Waals surface area contributed by atoms with Crippen LogP contribution in [0.15, 0.2) is 18.2 Å². The topological polar surface area (TPSA) is 74.7 Å². The number of aliphatic carboxylic acids is 1. The van der Waals surface area contributed by atoms with Crippen LogP contribution in [0.1, 0.15) is 0 Å². The maximum absolute atomic E-state index is 13.4. The molecule has 0 saturated heterocycles. The van der Waals surface area contributed by atoms with Crippen molar-refractivity contribution in [3.8, 4) is 0 Å². The van der Waals surface area contributed by atoms with Crippen LogP contribution in [0.4, 0.5) is 10.1 Å². The highest BCUT2D eigenvalue weighted by Gasteiger charge is 2.23. The highest BCUT2D eigenvalue weighted by Crippen LogP contribution is 2.25. The van der Waals surface area contributed by atoms with Crippen LogP contribution in [0.5, 0.6) is 0 Å². The van der Waals surface area contributed by atoms with E-state index in [1.165, 1.54) is 6.07 Å². The quantitative estimate of drug-likeness (QED) is 0.903. The van der Waals surface area contributed by atoms with Crippen LogP contribution in [0, 0.1) is 5.82 Å². The Morgan fingerprint density at radius 3 is 2.59 bits per heavy atom. The standard InChI is InChI=1S/C9H9ClFNO4S/c1-17(15,16)12(5-9(13)14)8-4-6(10)2-3-7(8)11/h2-4H,5H2,1H3,(H,13,14). The molecule has 94 valence electrons. The molecule has 0 radical (unpaired) electrons. The highest BCUT2D eigenvalue weighted by atomic mass is 35.5. The average Bonchev–Trinajstić information content (AvgIpc) is 2.16. The van der Waals surface area contributed by atoms with E-state index in [1.807, 2.05) is 0 Å². The van der Waals surface area contributed by atoms with Gasteiger partial charge in [0.2, 0.25) is 10.0 Å². The zero-order valence-corrected chi connectivity index (χ0v) is 10.3. The van der Waals surface area contributed by atoms with Crippen LogP contribution in [-0.4, -0.2) is 32.3 Å². The van der Waals surface area contributed by atoms with Crippen molar-refractivity contribution in [3.63, 3.8) is 0 Å². The van der Waals surface area contributed by atoms with E-state index < -0.39 is 28.4 Å². The SMILES string of the molecule is CS(=O)(=O)N(CC(=O)O)c1cc(Cl)ccc1F. The Morgan fingerprint density at radius 1 is 1.53 bits per heavy atom. The van der Waals surface area contributed by atoms with Gasteiger partial charge in [-0.25, -0.2) is 12.8 Å². The van der Waals surface area contributed by atoms with Crippen molar-refractivity contribution in [3.05, 3.63) is 29.0 Å². The lowest BCUT2D eigenvalue weighted by molar-refractivity contribution is -0.135. The second-order valence-corrected chi connectivity index (χ2v) is 5.60. The van der Waals surface area contributed by atoms with E-state index >= 15 is 0 Å². The number of hydrogen-bond donors (Lipinski definition) is 1. The van der Waals surface area contributed by atoms with E-state index in [9.17, 15) is 17.6 Å². The summed E-state index contributed by atoms with van der Waals surface area (Å²) < 4.78 is 36.7. The zero-order chi connectivity index (χ0) is 13.2. The third-order valence-electron chi connectivity index (χ3n) is 1.86. The molecule has 0 saturated carbocycles. The Bertz CT molecular complexity index is 546. The number of carbonyl (C=O) groups is 1. The monoisotopic (exact) mass is 281 g/mol. The van der Waals surface area contributed by atoms with Gasteiger partial charge >= 0.3 is 5.97 Å². The largest absolute Gasteiger partial charge is 0.480 e. The van der Waals surface area contributed by atoms with Crippen LogP contribution in [0.25, 0.3) is 0 Å². The molecule has 5 nitrogen and oxygen atoms in total. The number of benzene rings is 1. The number of carboxylic acid groups (broad SMARTS) is 1. The molecule has 0 bridgehead atoms. The first-order valence-corrected chi connectivity index (χ1v) is 6.59. The van der Waals surface area contributed by atoms with E-state index in [4.69, 9.17) is 16.7 Å². The number of anilines is 1. The summed E-state index contributed by atoms with van der Waals surface area (Å²) in [6.07, 6.45) is 0.788. The third-order valence-corrected chi connectivity index (χ3v) is 3.22. The van der Waals surface area contributed by atoms with Crippen molar-refractivity contribution in [2.24, 2.45) is 0 Å². The Labute approximate surface area is 102 Å². The summed E-state index contributed by atoms with van der Waals surface area (Å²) in [7, 11) is -3.90. The summed E-state index contributed by atoms with van der Waals surface area (Å²) in [5.41, 5.74) is -0.387. The van der Waals surface area contributed by atoms with Gasteiger partial charge in [-0.1, -0.05) is 11.6 Å². The maximum atomic E-state index is 13.4. The molecule has 1 N–H and O–H groups in total. The van der Waals surface area contributed by atoms with E-state index in [2.05, 4.69) is 0 Å². The third kappa shape index (κ3) is 3.57. The first kappa shape index (κ1) is 13.7. The lowest BCUT2D eigenvalue weighted by atomic mass is 10.3. The Hall–Kier alpha value is -1.34. The minimum absolute atomic E-state index is 0.112. The molecule has 1 aromatic carbocycles. The molecule has 0 aliphatic carbocycles. The summed E-state index contributed by atoms with van der Waals surface area (Å²) in [6.45, 7) is -0.865. The Kier molecular flexibility index (Phi) is 3.94. The van der Waals surface area contributed by atoms with Gasteiger partial charge in [-0.3, -0.25) is 9.10 Å². The van der Waals surface area contributed by atoms with Crippen LogP contribution in [-0.2, 0) is 14.8 Å². The van der Waals surface area contributed by atoms with Crippen molar-refractivity contribution >= 4 is 33.3 Å². The highest BCUT2D eigenvalue weighted by molar-refractivity contribution is 7.92. The lowest BCUT2D eigenvalue weighted by Gasteiger charge is -2.20. The number of halogens is 2. The van der Waals surface area contributed by atoms with Crippen LogP contribution in [0.3, 0.4) is 0 Å². The van der Waals surface area contributed by atoms with E-state index in [0.717, 1.165) is 18.4 Å². The first-order chi connectivity index (χ1) is 7.71. The summed E-state index contributed by atoms with van der Waals surface area (Å²) in [5, 5.41) is 8.72. The van der Waals surface area contributed by atoms with Crippen molar-refractivity contribution in [2.75, 3.05) is 17.1 Å². The van der Waals surface area contributed by atoms with Gasteiger partial charge in [0.15, 0.2) is 0 Å². The second kappa shape index (κ2) is 4.89. The Morgan fingerprint density at radius 2 is 2.12 bits per heavy atom. The molecular formula is C9H9ClFNO4S. The van der Waals surface area contributed by atoms with E-state index in [0.29, 0.717) is 4.31 Å². The average molecular weight is 282 g/mol. The summed E-state index contributed by atoms with van der Waals surface area (Å²) >= 11 is 5.61. The Balaban J connectivity index is 3.31. The summed E-state index contributed by atoms with van der Waals surface area (Å²) in [6, 6.07) is 3.26. The molecule has 0 aliphatic rings. The van der Waals surface area contributed by atoms with Gasteiger partial charge in [-0.2, -0.15) is 0 Å². The van der Waals surface area contributed by atoms with Crippen LogP contribution >= 0.6 is 11.6 Å². The normalized spacial score (nSPS) is 11.2. The molecule has 17 heavy (non-hydrogen) atoms. The van der Waals surface area contributed by atoms with Crippen molar-refractivity contribution in [1.29, 1.82) is 0 Å². The van der Waals surface area contributed by atoms with Gasteiger partial charge in [0.1, 0.15) is 12.4 Å². The maximum Gasteiger partial charge on any atom is 0.324 e. The number of rotatable bonds is 4. The fourth-order valence-corrected chi connectivity index (χ4v) is 2.19. The molecule has 0 unspecified atom stereocenters. The van der Waals surface area contributed by atoms with E-state index in [-0.39, 0.29) is 10.7 Å². The molecule has 0 fully saturated rings. The van der Waals surface area contributed by atoms with Crippen LogP contribution < -0.4 is 4.31 Å². The van der Waals surface area contributed by atoms with Crippen molar-refractivity contribution < 1.29 is 22.7 Å². The fourth-order valence-electron chi connectivity index (χ4n) is 1.18. The summed E-state index contributed by atoms with van der Waals surface area (Å²) in [5.74, 6) is -2.25. The predicted molar refractivity (Wildman–Crippen MR) is 61.2 cm³/mol. The van der Waals surface area contributed by atoms with Crippen LogP contribution in [0.2, 0.25) is 5.02 Å².